The molecule has 0 aliphatic rings. The quantitative estimate of drug-likeness (QED) is 0.782. The van der Waals surface area contributed by atoms with Gasteiger partial charge in [-0.05, 0) is 24.6 Å². The van der Waals surface area contributed by atoms with Crippen molar-refractivity contribution in [2.75, 3.05) is 19.8 Å². The van der Waals surface area contributed by atoms with Gasteiger partial charge in [0.05, 0.1) is 6.61 Å². The largest absolute Gasteiger partial charge is 0.493 e. The Morgan fingerprint density at radius 2 is 2.13 bits per heavy atom. The summed E-state index contributed by atoms with van der Waals surface area (Å²) in [6.45, 7) is 0.461. The first kappa shape index (κ1) is 12.3. The minimum Gasteiger partial charge on any atom is -0.493 e. The van der Waals surface area contributed by atoms with Gasteiger partial charge in [-0.1, -0.05) is 17.7 Å². The highest BCUT2D eigenvalue weighted by molar-refractivity contribution is 6.30. The molecule has 4 heteroatoms. The summed E-state index contributed by atoms with van der Waals surface area (Å²) in [6, 6.07) is 7.09. The molecule has 2 N–H and O–H groups in total. The van der Waals surface area contributed by atoms with E-state index < -0.39 is 0 Å². The first-order chi connectivity index (χ1) is 7.26. The minimum atomic E-state index is -0.0334. The minimum absolute atomic E-state index is 0.0150. The highest BCUT2D eigenvalue weighted by atomic mass is 35.5. The van der Waals surface area contributed by atoms with Gasteiger partial charge in [-0.25, -0.2) is 0 Å². The number of hydrogen-bond acceptors (Lipinski definition) is 3. The molecule has 1 aromatic carbocycles. The molecule has 0 bridgehead atoms. The van der Waals surface area contributed by atoms with Gasteiger partial charge in [0.2, 0.25) is 0 Å². The molecular formula is C11H15ClO3. The van der Waals surface area contributed by atoms with Crippen LogP contribution in [-0.4, -0.2) is 30.0 Å². The van der Waals surface area contributed by atoms with Crippen LogP contribution in [0.5, 0.6) is 5.75 Å². The number of benzene rings is 1. The normalized spacial score (nSPS) is 12.5. The summed E-state index contributed by atoms with van der Waals surface area (Å²) in [5.41, 5.74) is 0. The molecule has 0 aromatic heterocycles. The predicted molar refractivity (Wildman–Crippen MR) is 59.2 cm³/mol. The third-order valence-corrected chi connectivity index (χ3v) is 2.31. The van der Waals surface area contributed by atoms with E-state index in [1.165, 1.54) is 0 Å². The maximum absolute atomic E-state index is 8.97. The van der Waals surface area contributed by atoms with E-state index in [0.29, 0.717) is 23.8 Å². The molecule has 0 spiro atoms. The van der Waals surface area contributed by atoms with Crippen molar-refractivity contribution in [1.82, 2.24) is 0 Å². The first-order valence-electron chi connectivity index (χ1n) is 4.86. The van der Waals surface area contributed by atoms with E-state index in [4.69, 9.17) is 26.6 Å². The standard InChI is InChI=1S/C11H15ClO3/c12-10-2-1-3-11(6-10)15-8-9(7-14)4-5-13/h1-3,6,9,13-14H,4-5,7-8H2/t9-/m1/s1. The molecule has 0 aliphatic carbocycles. The molecule has 0 amide bonds. The second-order valence-electron chi connectivity index (χ2n) is 3.33. The van der Waals surface area contributed by atoms with Gasteiger partial charge in [0.25, 0.3) is 0 Å². The van der Waals surface area contributed by atoms with Crippen LogP contribution in [0, 0.1) is 5.92 Å². The summed E-state index contributed by atoms with van der Waals surface area (Å²) in [7, 11) is 0. The highest BCUT2D eigenvalue weighted by Crippen LogP contribution is 2.18. The van der Waals surface area contributed by atoms with Crippen molar-refractivity contribution in [2.24, 2.45) is 5.92 Å². The van der Waals surface area contributed by atoms with Crippen molar-refractivity contribution in [2.45, 2.75) is 6.42 Å². The van der Waals surface area contributed by atoms with E-state index in [1.54, 1.807) is 24.3 Å². The molecule has 0 fully saturated rings. The Labute approximate surface area is 94.3 Å². The molecule has 0 saturated heterocycles. The average molecular weight is 231 g/mol. The third kappa shape index (κ3) is 4.51. The van der Waals surface area contributed by atoms with Crippen LogP contribution in [0.2, 0.25) is 5.02 Å². The fourth-order valence-corrected chi connectivity index (χ4v) is 1.36. The van der Waals surface area contributed by atoms with E-state index >= 15 is 0 Å². The first-order valence-corrected chi connectivity index (χ1v) is 5.24. The van der Waals surface area contributed by atoms with Gasteiger partial charge in [-0.3, -0.25) is 0 Å². The van der Waals surface area contributed by atoms with Crippen molar-refractivity contribution in [3.63, 3.8) is 0 Å². The molecule has 0 radical (unpaired) electrons. The topological polar surface area (TPSA) is 49.7 Å². The summed E-state index contributed by atoms with van der Waals surface area (Å²) >= 11 is 5.79. The summed E-state index contributed by atoms with van der Waals surface area (Å²) in [5.74, 6) is 0.646. The molecule has 0 aliphatic heterocycles. The van der Waals surface area contributed by atoms with Crippen LogP contribution in [0.1, 0.15) is 6.42 Å². The number of aliphatic hydroxyl groups is 2. The van der Waals surface area contributed by atoms with Gasteiger partial charge in [0.1, 0.15) is 5.75 Å². The Morgan fingerprint density at radius 1 is 1.33 bits per heavy atom. The molecule has 15 heavy (non-hydrogen) atoms. The fraction of sp³-hybridized carbons (Fsp3) is 0.455. The number of halogens is 1. The maximum Gasteiger partial charge on any atom is 0.120 e. The zero-order valence-electron chi connectivity index (χ0n) is 8.40. The van der Waals surface area contributed by atoms with Crippen molar-refractivity contribution in [1.29, 1.82) is 0 Å². The molecule has 3 nitrogen and oxygen atoms in total. The Hall–Kier alpha value is -0.770. The van der Waals surface area contributed by atoms with Crippen LogP contribution in [0.15, 0.2) is 24.3 Å². The number of rotatable bonds is 6. The number of ether oxygens (including phenoxy) is 1. The molecule has 84 valence electrons. The zero-order valence-corrected chi connectivity index (χ0v) is 9.15. The lowest BCUT2D eigenvalue weighted by molar-refractivity contribution is 0.134. The molecular weight excluding hydrogens is 216 g/mol. The van der Waals surface area contributed by atoms with Crippen LogP contribution in [0.25, 0.3) is 0 Å². The number of hydrogen-bond donors (Lipinski definition) is 2. The molecule has 1 rings (SSSR count). The average Bonchev–Trinajstić information content (AvgIpc) is 2.24. The zero-order chi connectivity index (χ0) is 11.1. The van der Waals surface area contributed by atoms with Crippen LogP contribution in [0.3, 0.4) is 0 Å². The lowest BCUT2D eigenvalue weighted by Gasteiger charge is -2.13. The van der Waals surface area contributed by atoms with Gasteiger partial charge in [-0.2, -0.15) is 0 Å². The van der Waals surface area contributed by atoms with Gasteiger partial charge >= 0.3 is 0 Å². The fourth-order valence-electron chi connectivity index (χ4n) is 1.18. The monoisotopic (exact) mass is 230 g/mol. The summed E-state index contributed by atoms with van der Waals surface area (Å²) in [4.78, 5) is 0. The van der Waals surface area contributed by atoms with Crippen molar-refractivity contribution >= 4 is 11.6 Å². The Balaban J connectivity index is 2.41. The van der Waals surface area contributed by atoms with Gasteiger partial charge in [0, 0.05) is 24.2 Å². The highest BCUT2D eigenvalue weighted by Gasteiger charge is 2.07. The molecule has 0 heterocycles. The van der Waals surface area contributed by atoms with E-state index in [2.05, 4.69) is 0 Å². The van der Waals surface area contributed by atoms with Crippen LogP contribution < -0.4 is 4.74 Å². The molecule has 1 atom stereocenters. The molecule has 0 unspecified atom stereocenters. The van der Waals surface area contributed by atoms with Crippen LogP contribution in [-0.2, 0) is 0 Å². The SMILES string of the molecule is OCC[C@H](CO)COc1cccc(Cl)c1. The van der Waals surface area contributed by atoms with E-state index in [9.17, 15) is 0 Å². The van der Waals surface area contributed by atoms with Crippen LogP contribution >= 0.6 is 11.6 Å². The van der Waals surface area contributed by atoms with Crippen molar-refractivity contribution in [3.8, 4) is 5.75 Å². The van der Waals surface area contributed by atoms with Gasteiger partial charge in [-0.15, -0.1) is 0 Å². The smallest absolute Gasteiger partial charge is 0.120 e. The second-order valence-corrected chi connectivity index (χ2v) is 3.77. The lowest BCUT2D eigenvalue weighted by Crippen LogP contribution is -2.17. The number of aliphatic hydroxyl groups excluding tert-OH is 2. The third-order valence-electron chi connectivity index (χ3n) is 2.08. The van der Waals surface area contributed by atoms with Crippen molar-refractivity contribution < 1.29 is 14.9 Å². The summed E-state index contributed by atoms with van der Waals surface area (Å²) in [5, 5.41) is 18.3. The van der Waals surface area contributed by atoms with Gasteiger partial charge in [0.15, 0.2) is 0 Å². The Kier molecular flexibility index (Phi) is 5.47. The Bertz CT molecular complexity index is 291. The summed E-state index contributed by atoms with van der Waals surface area (Å²) < 4.78 is 5.44. The van der Waals surface area contributed by atoms with E-state index in [-0.39, 0.29) is 19.1 Å². The Morgan fingerprint density at radius 3 is 2.73 bits per heavy atom. The second kappa shape index (κ2) is 6.67. The van der Waals surface area contributed by atoms with Crippen molar-refractivity contribution in [3.05, 3.63) is 29.3 Å². The van der Waals surface area contributed by atoms with Crippen LogP contribution in [0.4, 0.5) is 0 Å². The lowest BCUT2D eigenvalue weighted by atomic mass is 10.1. The molecule has 1 aromatic rings. The maximum atomic E-state index is 8.97. The van der Waals surface area contributed by atoms with E-state index in [1.807, 2.05) is 0 Å². The summed E-state index contributed by atoms with van der Waals surface area (Å²) in [6.07, 6.45) is 0.539. The predicted octanol–water partition coefficient (Wildman–Crippen LogP) is 1.71. The van der Waals surface area contributed by atoms with E-state index in [0.717, 1.165) is 0 Å². The van der Waals surface area contributed by atoms with Gasteiger partial charge < -0.3 is 14.9 Å². The molecule has 0 saturated carbocycles.